The molecule has 2 heteroatoms. The van der Waals surface area contributed by atoms with Crippen molar-refractivity contribution in [2.75, 3.05) is 7.05 Å². The average Bonchev–Trinajstić information content (AvgIpc) is 2.25. The van der Waals surface area contributed by atoms with Crippen molar-refractivity contribution in [3.05, 3.63) is 12.2 Å². The van der Waals surface area contributed by atoms with E-state index < -0.39 is 0 Å². The average molecular weight is 150 g/mol. The van der Waals surface area contributed by atoms with Gasteiger partial charge in [0, 0.05) is 6.04 Å². The fourth-order valence-corrected chi connectivity index (χ4v) is 2.14. The monoisotopic (exact) mass is 150 g/mol. The van der Waals surface area contributed by atoms with Crippen LogP contribution in [0, 0.1) is 0 Å². The largest absolute Gasteiger partial charge is 0.288 e. The minimum absolute atomic E-state index is 0.358. The van der Waals surface area contributed by atoms with Crippen molar-refractivity contribution in [2.45, 2.75) is 30.8 Å². The number of hydrogen-bond donors (Lipinski definition) is 0. The normalized spacial score (nSPS) is 42.8. The van der Waals surface area contributed by atoms with Crippen molar-refractivity contribution < 1.29 is 4.79 Å². The SMILES string of the molecule is CN1[C@@H]2CC=C[C@@]1([C]=O)CC2. The molecular weight excluding hydrogens is 138 g/mol. The van der Waals surface area contributed by atoms with E-state index in [9.17, 15) is 4.79 Å². The molecule has 59 valence electrons. The summed E-state index contributed by atoms with van der Waals surface area (Å²) in [6, 6.07) is 0.585. The smallest absolute Gasteiger partial charge is 0.224 e. The van der Waals surface area contributed by atoms with Gasteiger partial charge in [-0.25, -0.2) is 0 Å². The highest BCUT2D eigenvalue weighted by Gasteiger charge is 2.44. The molecule has 11 heavy (non-hydrogen) atoms. The number of hydrogen-bond acceptors (Lipinski definition) is 2. The Morgan fingerprint density at radius 2 is 2.55 bits per heavy atom. The Balaban J connectivity index is 2.37. The highest BCUT2D eigenvalue weighted by Crippen LogP contribution is 2.37. The highest BCUT2D eigenvalue weighted by molar-refractivity contribution is 5.70. The minimum Gasteiger partial charge on any atom is -0.288 e. The lowest BCUT2D eigenvalue weighted by Crippen LogP contribution is -2.46. The van der Waals surface area contributed by atoms with Crippen molar-refractivity contribution in [3.63, 3.8) is 0 Å². The number of nitrogens with zero attached hydrogens (tertiary/aromatic N) is 1. The van der Waals surface area contributed by atoms with E-state index in [1.807, 2.05) is 13.1 Å². The summed E-state index contributed by atoms with van der Waals surface area (Å²) in [5.74, 6) is 0. The van der Waals surface area contributed by atoms with Crippen LogP contribution in [0.3, 0.4) is 0 Å². The van der Waals surface area contributed by atoms with Gasteiger partial charge in [0.25, 0.3) is 0 Å². The Labute approximate surface area is 66.9 Å². The maximum absolute atomic E-state index is 10.7. The first-order chi connectivity index (χ1) is 5.28. The van der Waals surface area contributed by atoms with Gasteiger partial charge >= 0.3 is 0 Å². The third-order valence-corrected chi connectivity index (χ3v) is 3.01. The van der Waals surface area contributed by atoms with E-state index in [2.05, 4.69) is 17.3 Å². The van der Waals surface area contributed by atoms with Crippen LogP contribution in [0.1, 0.15) is 19.3 Å². The Morgan fingerprint density at radius 1 is 1.73 bits per heavy atom. The first-order valence-corrected chi connectivity index (χ1v) is 4.08. The van der Waals surface area contributed by atoms with E-state index >= 15 is 0 Å². The molecule has 0 aliphatic carbocycles. The highest BCUT2D eigenvalue weighted by atomic mass is 16.1. The molecular formula is C9H12NO. The zero-order chi connectivity index (χ0) is 7.90. The quantitative estimate of drug-likeness (QED) is 0.517. The van der Waals surface area contributed by atoms with E-state index in [1.54, 1.807) is 0 Å². The minimum atomic E-state index is -0.358. The summed E-state index contributed by atoms with van der Waals surface area (Å²) < 4.78 is 0. The van der Waals surface area contributed by atoms with Gasteiger partial charge in [-0.3, -0.25) is 9.69 Å². The third-order valence-electron chi connectivity index (χ3n) is 3.01. The van der Waals surface area contributed by atoms with E-state index in [-0.39, 0.29) is 5.54 Å². The van der Waals surface area contributed by atoms with Crippen LogP contribution in [-0.4, -0.2) is 29.8 Å². The molecule has 2 aliphatic rings. The molecule has 0 saturated carbocycles. The van der Waals surface area contributed by atoms with Gasteiger partial charge in [0.15, 0.2) is 0 Å². The zero-order valence-electron chi connectivity index (χ0n) is 6.71. The molecule has 1 radical (unpaired) electrons. The van der Waals surface area contributed by atoms with Gasteiger partial charge in [0.05, 0.1) is 0 Å². The Morgan fingerprint density at radius 3 is 3.18 bits per heavy atom. The van der Waals surface area contributed by atoms with Crippen LogP contribution >= 0.6 is 0 Å². The maximum Gasteiger partial charge on any atom is 0.224 e. The summed E-state index contributed by atoms with van der Waals surface area (Å²) in [6.45, 7) is 0. The van der Waals surface area contributed by atoms with E-state index in [4.69, 9.17) is 0 Å². The molecule has 0 aromatic heterocycles. The first-order valence-electron chi connectivity index (χ1n) is 4.08. The second-order valence-electron chi connectivity index (χ2n) is 3.47. The van der Waals surface area contributed by atoms with Gasteiger partial charge in [-0.1, -0.05) is 12.2 Å². The van der Waals surface area contributed by atoms with Crippen LogP contribution in [-0.2, 0) is 4.79 Å². The molecule has 0 spiro atoms. The fourth-order valence-electron chi connectivity index (χ4n) is 2.14. The molecule has 0 aromatic carbocycles. The van der Waals surface area contributed by atoms with Crippen molar-refractivity contribution in [1.82, 2.24) is 4.90 Å². The van der Waals surface area contributed by atoms with Gasteiger partial charge in [-0.15, -0.1) is 0 Å². The zero-order valence-corrected chi connectivity index (χ0v) is 6.71. The van der Waals surface area contributed by atoms with E-state index in [0.29, 0.717) is 6.04 Å². The second-order valence-corrected chi connectivity index (χ2v) is 3.47. The van der Waals surface area contributed by atoms with Crippen molar-refractivity contribution >= 4 is 6.29 Å². The molecule has 0 N–H and O–H groups in total. The summed E-state index contributed by atoms with van der Waals surface area (Å²) in [4.78, 5) is 12.9. The summed E-state index contributed by atoms with van der Waals surface area (Å²) in [5, 5.41) is 0. The lowest BCUT2D eigenvalue weighted by atomic mass is 9.97. The summed E-state index contributed by atoms with van der Waals surface area (Å²) in [7, 11) is 2.02. The van der Waals surface area contributed by atoms with Crippen molar-refractivity contribution in [3.8, 4) is 0 Å². The predicted octanol–water partition coefficient (Wildman–Crippen LogP) is 0.889. The molecule has 1 saturated heterocycles. The standard InChI is InChI=1S/C9H12NO/c1-10-8-3-2-5-9(10,7-11)6-4-8/h2,5,8H,3-4,6H2,1H3/t8-,9+/m1/s1. The van der Waals surface area contributed by atoms with Gasteiger partial charge < -0.3 is 0 Å². The van der Waals surface area contributed by atoms with Crippen LogP contribution in [0.15, 0.2) is 12.2 Å². The second kappa shape index (κ2) is 2.18. The summed E-state index contributed by atoms with van der Waals surface area (Å²) in [5.41, 5.74) is -0.358. The maximum atomic E-state index is 10.7. The molecule has 0 amide bonds. The Kier molecular flexibility index (Phi) is 1.39. The predicted molar refractivity (Wildman–Crippen MR) is 43.0 cm³/mol. The molecule has 2 rings (SSSR count). The lowest BCUT2D eigenvalue weighted by molar-refractivity contribution is 0.217. The van der Waals surface area contributed by atoms with E-state index in [1.165, 1.54) is 0 Å². The van der Waals surface area contributed by atoms with Crippen LogP contribution in [0.5, 0.6) is 0 Å². The number of likely N-dealkylation sites (N-methyl/N-ethyl adjacent to an activating group) is 1. The molecule has 1 fully saturated rings. The molecule has 2 nitrogen and oxygen atoms in total. The Bertz CT molecular complexity index is 212. The van der Waals surface area contributed by atoms with E-state index in [0.717, 1.165) is 19.3 Å². The number of rotatable bonds is 1. The fraction of sp³-hybridized carbons (Fsp3) is 0.667. The van der Waals surface area contributed by atoms with Crippen molar-refractivity contribution in [2.24, 2.45) is 0 Å². The Hall–Kier alpha value is -0.630. The summed E-state index contributed by atoms with van der Waals surface area (Å²) >= 11 is 0. The van der Waals surface area contributed by atoms with Gasteiger partial charge in [-0.05, 0) is 26.3 Å². The number of carbonyl (C=O) groups excluding carboxylic acids is 1. The van der Waals surface area contributed by atoms with Gasteiger partial charge in [-0.2, -0.15) is 0 Å². The molecule has 2 heterocycles. The lowest BCUT2D eigenvalue weighted by Gasteiger charge is -2.33. The summed E-state index contributed by atoms with van der Waals surface area (Å²) in [6.07, 6.45) is 9.45. The first kappa shape index (κ1) is 7.04. The topological polar surface area (TPSA) is 20.3 Å². The van der Waals surface area contributed by atoms with Crippen molar-refractivity contribution in [1.29, 1.82) is 0 Å². The molecule has 2 bridgehead atoms. The third kappa shape index (κ3) is 0.791. The van der Waals surface area contributed by atoms with Crippen LogP contribution in [0.25, 0.3) is 0 Å². The number of fused-ring (bicyclic) bond motifs is 2. The van der Waals surface area contributed by atoms with Crippen LogP contribution in [0.4, 0.5) is 0 Å². The van der Waals surface area contributed by atoms with Gasteiger partial charge in [0.1, 0.15) is 5.54 Å². The van der Waals surface area contributed by atoms with Gasteiger partial charge in [0.2, 0.25) is 6.29 Å². The van der Waals surface area contributed by atoms with Crippen LogP contribution < -0.4 is 0 Å². The molecule has 0 unspecified atom stereocenters. The molecule has 0 aromatic rings. The molecule has 2 atom stereocenters. The molecule has 2 aliphatic heterocycles. The van der Waals surface area contributed by atoms with Crippen LogP contribution in [0.2, 0.25) is 0 Å².